The number of methoxy groups -OCH3 is 1. The Bertz CT molecular complexity index is 438. The minimum absolute atomic E-state index is 0.286. The number of anilines is 1. The molecule has 0 bridgehead atoms. The van der Waals surface area contributed by atoms with Crippen LogP contribution in [0.5, 0.6) is 5.75 Å². The predicted octanol–water partition coefficient (Wildman–Crippen LogP) is 3.58. The average Bonchev–Trinajstić information content (AvgIpc) is 2.32. The Kier molecular flexibility index (Phi) is 5.95. The molecule has 0 heterocycles. The van der Waals surface area contributed by atoms with Crippen LogP contribution in [-0.4, -0.2) is 25.7 Å². The van der Waals surface area contributed by atoms with Crippen LogP contribution in [0.3, 0.4) is 0 Å². The van der Waals surface area contributed by atoms with Gasteiger partial charge >= 0.3 is 5.97 Å². The molecular weight excluding hydrogens is 366 g/mol. The third kappa shape index (κ3) is 3.88. The van der Waals surface area contributed by atoms with E-state index in [1.807, 2.05) is 12.1 Å². The van der Waals surface area contributed by atoms with E-state index in [4.69, 9.17) is 9.47 Å². The highest BCUT2D eigenvalue weighted by Crippen LogP contribution is 2.34. The summed E-state index contributed by atoms with van der Waals surface area (Å²) in [4.78, 5) is 11.5. The molecule has 1 unspecified atom stereocenters. The fraction of sp³-hybridized carbons (Fsp3) is 0.417. The third-order valence-corrected chi connectivity index (χ3v) is 3.53. The van der Waals surface area contributed by atoms with E-state index in [1.54, 1.807) is 21.0 Å². The van der Waals surface area contributed by atoms with E-state index in [9.17, 15) is 4.79 Å². The lowest BCUT2D eigenvalue weighted by Crippen LogP contribution is -2.28. The van der Waals surface area contributed by atoms with Crippen LogP contribution in [0.25, 0.3) is 0 Å². The second kappa shape index (κ2) is 6.99. The molecular formula is C12H15Br2NO3. The molecule has 1 aromatic rings. The van der Waals surface area contributed by atoms with Gasteiger partial charge in [-0.25, -0.2) is 4.79 Å². The van der Waals surface area contributed by atoms with Gasteiger partial charge in [0.05, 0.1) is 23.9 Å². The Morgan fingerprint density at radius 2 is 2.06 bits per heavy atom. The van der Waals surface area contributed by atoms with Crippen molar-refractivity contribution in [2.75, 3.05) is 19.0 Å². The van der Waals surface area contributed by atoms with Gasteiger partial charge in [0.2, 0.25) is 0 Å². The second-order valence-corrected chi connectivity index (χ2v) is 5.29. The van der Waals surface area contributed by atoms with Crippen molar-refractivity contribution >= 4 is 43.5 Å². The van der Waals surface area contributed by atoms with Crippen molar-refractivity contribution in [3.05, 3.63) is 21.1 Å². The largest absolute Gasteiger partial charge is 0.495 e. The van der Waals surface area contributed by atoms with Crippen LogP contribution in [0.1, 0.15) is 13.8 Å². The summed E-state index contributed by atoms with van der Waals surface area (Å²) in [5, 5.41) is 3.07. The predicted molar refractivity (Wildman–Crippen MR) is 78.1 cm³/mol. The van der Waals surface area contributed by atoms with E-state index in [-0.39, 0.29) is 5.97 Å². The van der Waals surface area contributed by atoms with Crippen LogP contribution in [0, 0.1) is 0 Å². The molecule has 1 aromatic carbocycles. The van der Waals surface area contributed by atoms with Crippen molar-refractivity contribution < 1.29 is 14.3 Å². The first-order valence-corrected chi connectivity index (χ1v) is 7.04. The molecule has 0 aliphatic heterocycles. The molecule has 1 N–H and O–H groups in total. The molecule has 0 aliphatic rings. The molecule has 0 aliphatic carbocycles. The van der Waals surface area contributed by atoms with Crippen LogP contribution in [0.15, 0.2) is 21.1 Å². The van der Waals surface area contributed by atoms with Gasteiger partial charge in [0.15, 0.2) is 0 Å². The number of hydrogen-bond donors (Lipinski definition) is 1. The molecule has 0 spiro atoms. The molecule has 0 amide bonds. The minimum atomic E-state index is -0.424. The molecule has 1 rings (SSSR count). The highest BCUT2D eigenvalue weighted by atomic mass is 79.9. The second-order valence-electron chi connectivity index (χ2n) is 3.58. The van der Waals surface area contributed by atoms with Gasteiger partial charge in [-0.1, -0.05) is 0 Å². The van der Waals surface area contributed by atoms with Gasteiger partial charge in [-0.2, -0.15) is 0 Å². The van der Waals surface area contributed by atoms with Crippen molar-refractivity contribution in [1.29, 1.82) is 0 Å². The fourth-order valence-corrected chi connectivity index (χ4v) is 2.63. The number of nitrogens with one attached hydrogen (secondary N) is 1. The van der Waals surface area contributed by atoms with E-state index in [0.29, 0.717) is 12.4 Å². The SMILES string of the molecule is CCOC(=O)C(C)Nc1cc(OC)c(Br)cc1Br. The standard InChI is InChI=1S/C12H15Br2NO3/c1-4-18-12(16)7(2)15-10-6-11(17-3)9(14)5-8(10)13/h5-7,15H,4H2,1-3H3. The Hall–Kier alpha value is -0.750. The zero-order valence-electron chi connectivity index (χ0n) is 10.4. The zero-order valence-corrected chi connectivity index (χ0v) is 13.6. The van der Waals surface area contributed by atoms with Gasteiger partial charge in [0.1, 0.15) is 11.8 Å². The van der Waals surface area contributed by atoms with Crippen LogP contribution >= 0.6 is 31.9 Å². The summed E-state index contributed by atoms with van der Waals surface area (Å²) in [6, 6.07) is 3.25. The van der Waals surface area contributed by atoms with E-state index in [2.05, 4.69) is 37.2 Å². The first-order valence-electron chi connectivity index (χ1n) is 5.45. The number of benzene rings is 1. The third-order valence-electron chi connectivity index (χ3n) is 2.25. The number of hydrogen-bond acceptors (Lipinski definition) is 4. The van der Waals surface area contributed by atoms with Gasteiger partial charge in [-0.05, 0) is 51.8 Å². The summed E-state index contributed by atoms with van der Waals surface area (Å²) in [6.45, 7) is 3.90. The Morgan fingerprint density at radius 1 is 1.39 bits per heavy atom. The molecule has 1 atom stereocenters. The number of rotatable bonds is 5. The number of carbonyl (C=O) groups excluding carboxylic acids is 1. The maximum absolute atomic E-state index is 11.5. The first-order chi connectivity index (χ1) is 8.49. The molecule has 0 fully saturated rings. The minimum Gasteiger partial charge on any atom is -0.495 e. The van der Waals surface area contributed by atoms with Crippen molar-refractivity contribution in [1.82, 2.24) is 0 Å². The Balaban J connectivity index is 2.87. The lowest BCUT2D eigenvalue weighted by atomic mass is 10.2. The van der Waals surface area contributed by atoms with Gasteiger partial charge in [-0.3, -0.25) is 0 Å². The molecule has 0 aromatic heterocycles. The van der Waals surface area contributed by atoms with Crippen LogP contribution in [0.4, 0.5) is 5.69 Å². The maximum atomic E-state index is 11.5. The molecule has 4 nitrogen and oxygen atoms in total. The first kappa shape index (κ1) is 15.3. The van der Waals surface area contributed by atoms with Gasteiger partial charge < -0.3 is 14.8 Å². The number of ether oxygens (including phenoxy) is 2. The summed E-state index contributed by atoms with van der Waals surface area (Å²) >= 11 is 6.81. The quantitative estimate of drug-likeness (QED) is 0.793. The fourth-order valence-electron chi connectivity index (χ4n) is 1.36. The van der Waals surface area contributed by atoms with E-state index < -0.39 is 6.04 Å². The monoisotopic (exact) mass is 379 g/mol. The molecule has 18 heavy (non-hydrogen) atoms. The summed E-state index contributed by atoms with van der Waals surface area (Å²) in [5.41, 5.74) is 0.774. The smallest absolute Gasteiger partial charge is 0.328 e. The average molecular weight is 381 g/mol. The van der Waals surface area contributed by atoms with Crippen molar-refractivity contribution in [2.45, 2.75) is 19.9 Å². The summed E-state index contributed by atoms with van der Waals surface area (Å²) in [5.74, 6) is 0.406. The van der Waals surface area contributed by atoms with E-state index >= 15 is 0 Å². The molecule has 0 saturated carbocycles. The topological polar surface area (TPSA) is 47.6 Å². The van der Waals surface area contributed by atoms with Crippen LogP contribution < -0.4 is 10.1 Å². The number of carbonyl (C=O) groups is 1. The summed E-state index contributed by atoms with van der Waals surface area (Å²) in [6.07, 6.45) is 0. The Morgan fingerprint density at radius 3 is 2.61 bits per heavy atom. The van der Waals surface area contributed by atoms with Crippen molar-refractivity contribution in [3.63, 3.8) is 0 Å². The van der Waals surface area contributed by atoms with Gasteiger partial charge in [0.25, 0.3) is 0 Å². The number of halogens is 2. The molecule has 0 radical (unpaired) electrons. The summed E-state index contributed by atoms with van der Waals surface area (Å²) < 4.78 is 11.8. The molecule has 100 valence electrons. The maximum Gasteiger partial charge on any atom is 0.328 e. The highest BCUT2D eigenvalue weighted by molar-refractivity contribution is 9.11. The van der Waals surface area contributed by atoms with Gasteiger partial charge in [0, 0.05) is 10.5 Å². The number of esters is 1. The highest BCUT2D eigenvalue weighted by Gasteiger charge is 2.16. The lowest BCUT2D eigenvalue weighted by molar-refractivity contribution is -0.143. The Labute approximate surface area is 123 Å². The van der Waals surface area contributed by atoms with Crippen LogP contribution in [-0.2, 0) is 9.53 Å². The zero-order chi connectivity index (χ0) is 13.7. The normalized spacial score (nSPS) is 11.8. The van der Waals surface area contributed by atoms with Gasteiger partial charge in [-0.15, -0.1) is 0 Å². The van der Waals surface area contributed by atoms with Crippen molar-refractivity contribution in [2.24, 2.45) is 0 Å². The van der Waals surface area contributed by atoms with E-state index in [1.165, 1.54) is 0 Å². The molecule has 0 saturated heterocycles. The van der Waals surface area contributed by atoms with E-state index in [0.717, 1.165) is 14.6 Å². The molecule has 6 heteroatoms. The summed E-state index contributed by atoms with van der Waals surface area (Å²) in [7, 11) is 1.59. The van der Waals surface area contributed by atoms with Crippen LogP contribution in [0.2, 0.25) is 0 Å². The lowest BCUT2D eigenvalue weighted by Gasteiger charge is -2.16. The van der Waals surface area contributed by atoms with Crippen molar-refractivity contribution in [3.8, 4) is 5.75 Å².